The number of carbonyl (C=O) groups is 1. The van der Waals surface area contributed by atoms with Crippen LogP contribution in [0.3, 0.4) is 0 Å². The molecule has 2 aromatic heterocycles. The molecule has 24 heavy (non-hydrogen) atoms. The van der Waals surface area contributed by atoms with Gasteiger partial charge in [0.25, 0.3) is 0 Å². The van der Waals surface area contributed by atoms with Crippen LogP contribution in [0.1, 0.15) is 30.6 Å². The second kappa shape index (κ2) is 7.27. The molecule has 0 saturated carbocycles. The van der Waals surface area contributed by atoms with Gasteiger partial charge < -0.3 is 9.42 Å². The van der Waals surface area contributed by atoms with Gasteiger partial charge in [0, 0.05) is 51.9 Å². The largest absolute Gasteiger partial charge is 0.340 e. The number of amides is 1. The van der Waals surface area contributed by atoms with Gasteiger partial charge in [-0.15, -0.1) is 0 Å². The highest BCUT2D eigenvalue weighted by Gasteiger charge is 2.30. The van der Waals surface area contributed by atoms with E-state index in [2.05, 4.69) is 20.0 Å². The Morgan fingerprint density at radius 1 is 1.54 bits per heavy atom. The van der Waals surface area contributed by atoms with Gasteiger partial charge in [0.2, 0.25) is 11.8 Å². The van der Waals surface area contributed by atoms with E-state index in [-0.39, 0.29) is 11.9 Å². The molecule has 3 heterocycles. The average molecular weight is 350 g/mol. The van der Waals surface area contributed by atoms with Crippen LogP contribution in [0.2, 0.25) is 5.02 Å². The van der Waals surface area contributed by atoms with E-state index in [1.54, 1.807) is 26.2 Å². The fourth-order valence-corrected chi connectivity index (χ4v) is 3.22. The van der Waals surface area contributed by atoms with Crippen LogP contribution in [-0.2, 0) is 17.9 Å². The number of rotatable bonds is 5. The fraction of sp³-hybridized carbons (Fsp3) is 0.500. The predicted molar refractivity (Wildman–Crippen MR) is 88.2 cm³/mol. The molecule has 0 bridgehead atoms. The first-order valence-electron chi connectivity index (χ1n) is 7.90. The summed E-state index contributed by atoms with van der Waals surface area (Å²) < 4.78 is 4.99. The lowest BCUT2D eigenvalue weighted by Crippen LogP contribution is -2.40. The van der Waals surface area contributed by atoms with Crippen molar-refractivity contribution in [2.24, 2.45) is 0 Å². The molecule has 1 amide bonds. The van der Waals surface area contributed by atoms with Crippen LogP contribution in [0, 0.1) is 6.92 Å². The topological polar surface area (TPSA) is 75.4 Å². The van der Waals surface area contributed by atoms with Crippen molar-refractivity contribution in [3.63, 3.8) is 0 Å². The maximum absolute atomic E-state index is 12.1. The van der Waals surface area contributed by atoms with Gasteiger partial charge in [-0.1, -0.05) is 16.8 Å². The summed E-state index contributed by atoms with van der Waals surface area (Å²) in [6, 6.07) is 2.07. The van der Waals surface area contributed by atoms with Crippen LogP contribution < -0.4 is 0 Å². The second-order valence-electron chi connectivity index (χ2n) is 6.02. The zero-order valence-corrected chi connectivity index (χ0v) is 14.5. The van der Waals surface area contributed by atoms with E-state index in [1.165, 1.54) is 0 Å². The lowest BCUT2D eigenvalue weighted by atomic mass is 10.2. The van der Waals surface area contributed by atoms with Crippen LogP contribution in [0.25, 0.3) is 0 Å². The van der Waals surface area contributed by atoms with Gasteiger partial charge in [0.1, 0.15) is 0 Å². The van der Waals surface area contributed by atoms with Crippen LogP contribution in [0.5, 0.6) is 0 Å². The van der Waals surface area contributed by atoms with Crippen molar-refractivity contribution < 1.29 is 9.32 Å². The summed E-state index contributed by atoms with van der Waals surface area (Å²) >= 11 is 6.18. The minimum Gasteiger partial charge on any atom is -0.340 e. The SMILES string of the molecule is CC(=O)N(Cc1noc(C)n1)[C@H]1CCN(Cc2ccncc2Cl)C1. The van der Waals surface area contributed by atoms with Crippen molar-refractivity contribution in [3.8, 4) is 0 Å². The van der Waals surface area contributed by atoms with Crippen LogP contribution >= 0.6 is 11.6 Å². The highest BCUT2D eigenvalue weighted by Crippen LogP contribution is 2.22. The summed E-state index contributed by atoms with van der Waals surface area (Å²) in [5.41, 5.74) is 1.05. The quantitative estimate of drug-likeness (QED) is 0.822. The maximum atomic E-state index is 12.1. The monoisotopic (exact) mass is 349 g/mol. The molecule has 0 aliphatic carbocycles. The highest BCUT2D eigenvalue weighted by atomic mass is 35.5. The van der Waals surface area contributed by atoms with E-state index in [1.807, 2.05) is 11.0 Å². The zero-order valence-electron chi connectivity index (χ0n) is 13.8. The van der Waals surface area contributed by atoms with E-state index in [9.17, 15) is 4.79 Å². The van der Waals surface area contributed by atoms with E-state index in [0.29, 0.717) is 23.3 Å². The van der Waals surface area contributed by atoms with E-state index < -0.39 is 0 Å². The lowest BCUT2D eigenvalue weighted by Gasteiger charge is -2.27. The number of carbonyl (C=O) groups excluding carboxylic acids is 1. The molecule has 2 aromatic rings. The van der Waals surface area contributed by atoms with Gasteiger partial charge in [0.15, 0.2) is 5.82 Å². The molecule has 7 nitrogen and oxygen atoms in total. The standard InChI is InChI=1S/C16H20ClN5O2/c1-11-19-16(20-24-11)10-22(12(2)23)14-4-6-21(9-14)8-13-3-5-18-7-15(13)17/h3,5,7,14H,4,6,8-10H2,1-2H3/t14-/m0/s1. The Hall–Kier alpha value is -1.99. The van der Waals surface area contributed by atoms with Crippen molar-refractivity contribution in [2.75, 3.05) is 13.1 Å². The number of aromatic nitrogens is 3. The first-order valence-corrected chi connectivity index (χ1v) is 8.28. The summed E-state index contributed by atoms with van der Waals surface area (Å²) in [5.74, 6) is 1.07. The molecular formula is C16H20ClN5O2. The highest BCUT2D eigenvalue weighted by molar-refractivity contribution is 6.31. The molecule has 1 fully saturated rings. The van der Waals surface area contributed by atoms with Crippen LogP contribution in [0.4, 0.5) is 0 Å². The average Bonchev–Trinajstić information content (AvgIpc) is 3.16. The van der Waals surface area contributed by atoms with Gasteiger partial charge in [0.05, 0.1) is 11.6 Å². The van der Waals surface area contributed by atoms with Gasteiger partial charge in [-0.25, -0.2) is 0 Å². The number of aryl methyl sites for hydroxylation is 1. The Morgan fingerprint density at radius 2 is 2.38 bits per heavy atom. The third-order valence-electron chi connectivity index (χ3n) is 4.22. The van der Waals surface area contributed by atoms with Crippen LogP contribution in [0.15, 0.2) is 23.0 Å². The molecule has 0 spiro atoms. The molecule has 0 aromatic carbocycles. The Balaban J connectivity index is 1.64. The zero-order chi connectivity index (χ0) is 17.1. The first-order chi connectivity index (χ1) is 11.5. The van der Waals surface area contributed by atoms with Gasteiger partial charge in [-0.3, -0.25) is 14.7 Å². The molecule has 1 aliphatic heterocycles. The van der Waals surface area contributed by atoms with Crippen molar-refractivity contribution in [1.29, 1.82) is 0 Å². The molecule has 1 saturated heterocycles. The van der Waals surface area contributed by atoms with Crippen molar-refractivity contribution >= 4 is 17.5 Å². The molecule has 0 N–H and O–H groups in total. The molecule has 0 unspecified atom stereocenters. The van der Waals surface area contributed by atoms with E-state index >= 15 is 0 Å². The number of hydrogen-bond acceptors (Lipinski definition) is 6. The van der Waals surface area contributed by atoms with Gasteiger partial charge in [-0.2, -0.15) is 4.98 Å². The molecule has 8 heteroatoms. The summed E-state index contributed by atoms with van der Waals surface area (Å²) in [4.78, 5) is 24.4. The van der Waals surface area contributed by atoms with Crippen molar-refractivity contribution in [2.45, 2.75) is 39.4 Å². The summed E-state index contributed by atoms with van der Waals surface area (Å²) in [6.45, 7) is 6.17. The number of hydrogen-bond donors (Lipinski definition) is 0. The van der Waals surface area contributed by atoms with Gasteiger partial charge in [-0.05, 0) is 18.1 Å². The fourth-order valence-electron chi connectivity index (χ4n) is 3.04. The second-order valence-corrected chi connectivity index (χ2v) is 6.43. The molecule has 3 rings (SSSR count). The summed E-state index contributed by atoms with van der Waals surface area (Å²) in [5, 5.41) is 4.56. The maximum Gasteiger partial charge on any atom is 0.223 e. The van der Waals surface area contributed by atoms with E-state index in [4.69, 9.17) is 16.1 Å². The number of pyridine rings is 1. The molecule has 1 aliphatic rings. The molecule has 128 valence electrons. The summed E-state index contributed by atoms with van der Waals surface area (Å²) in [6.07, 6.45) is 4.32. The Morgan fingerprint density at radius 3 is 3.04 bits per heavy atom. The minimum absolute atomic E-state index is 0.0197. The van der Waals surface area contributed by atoms with E-state index in [0.717, 1.165) is 31.6 Å². The molecule has 1 atom stereocenters. The summed E-state index contributed by atoms with van der Waals surface area (Å²) in [7, 11) is 0. The Labute approximate surface area is 145 Å². The molecule has 0 radical (unpaired) electrons. The Kier molecular flexibility index (Phi) is 5.11. The lowest BCUT2D eigenvalue weighted by molar-refractivity contribution is -0.131. The number of nitrogens with zero attached hydrogens (tertiary/aromatic N) is 5. The smallest absolute Gasteiger partial charge is 0.223 e. The normalized spacial score (nSPS) is 18.0. The van der Waals surface area contributed by atoms with Crippen molar-refractivity contribution in [3.05, 3.63) is 40.8 Å². The third-order valence-corrected chi connectivity index (χ3v) is 4.56. The predicted octanol–water partition coefficient (Wildman–Crippen LogP) is 2.05. The minimum atomic E-state index is 0.0197. The first kappa shape index (κ1) is 16.9. The van der Waals surface area contributed by atoms with Crippen molar-refractivity contribution in [1.82, 2.24) is 24.9 Å². The van der Waals surface area contributed by atoms with Crippen LogP contribution in [-0.4, -0.2) is 50.0 Å². The van der Waals surface area contributed by atoms with Gasteiger partial charge >= 0.3 is 0 Å². The molecular weight excluding hydrogens is 330 g/mol. The number of halogens is 1. The Bertz CT molecular complexity index is 720. The number of likely N-dealkylation sites (tertiary alicyclic amines) is 1. The third kappa shape index (κ3) is 3.91.